The molecule has 0 radical (unpaired) electrons. The molecular formula is C10H9N3. The minimum Gasteiger partial charge on any atom is -0.382 e. The fourth-order valence-corrected chi connectivity index (χ4v) is 1.11. The summed E-state index contributed by atoms with van der Waals surface area (Å²) < 4.78 is 0. The number of fused-ring (bicyclic) bond motifs is 1. The standard InChI is InChI=1S/C10H9N3/c11-10-7-3-5-8-4-1-2-6-9(8)12-13-10/h1-7H,(H2,11,13). The van der Waals surface area contributed by atoms with Crippen LogP contribution >= 0.6 is 0 Å². The topological polar surface area (TPSA) is 50.7 Å². The van der Waals surface area contributed by atoms with Crippen LogP contribution in [0.2, 0.25) is 0 Å². The van der Waals surface area contributed by atoms with Crippen molar-refractivity contribution in [3.05, 3.63) is 47.0 Å². The van der Waals surface area contributed by atoms with Gasteiger partial charge >= 0.3 is 0 Å². The molecule has 0 aliphatic carbocycles. The molecular weight excluding hydrogens is 162 g/mol. The van der Waals surface area contributed by atoms with Gasteiger partial charge in [0, 0.05) is 5.22 Å². The summed E-state index contributed by atoms with van der Waals surface area (Å²) >= 11 is 0. The number of benzene rings is 1. The van der Waals surface area contributed by atoms with Gasteiger partial charge in [0.25, 0.3) is 0 Å². The molecule has 64 valence electrons. The van der Waals surface area contributed by atoms with E-state index in [1.807, 2.05) is 36.4 Å². The van der Waals surface area contributed by atoms with Gasteiger partial charge in [-0.3, -0.25) is 0 Å². The SMILES string of the molecule is NC1=NN=c2ccccc2=CC=C1. The lowest BCUT2D eigenvalue weighted by Crippen LogP contribution is -2.24. The molecule has 0 saturated heterocycles. The molecule has 3 heteroatoms. The van der Waals surface area contributed by atoms with Gasteiger partial charge in [-0.05, 0) is 12.1 Å². The first-order chi connectivity index (χ1) is 6.36. The Balaban J connectivity index is 2.75. The molecule has 0 saturated carbocycles. The van der Waals surface area contributed by atoms with E-state index < -0.39 is 0 Å². The van der Waals surface area contributed by atoms with Crippen LogP contribution < -0.4 is 16.3 Å². The van der Waals surface area contributed by atoms with Gasteiger partial charge in [-0.2, -0.15) is 0 Å². The van der Waals surface area contributed by atoms with Crippen LogP contribution in [-0.4, -0.2) is 5.84 Å². The van der Waals surface area contributed by atoms with Gasteiger partial charge in [0.05, 0.1) is 5.36 Å². The lowest BCUT2D eigenvalue weighted by atomic mass is 10.2. The molecule has 0 fully saturated rings. The Labute approximate surface area is 75.6 Å². The van der Waals surface area contributed by atoms with E-state index in [2.05, 4.69) is 10.2 Å². The quantitative estimate of drug-likeness (QED) is 0.583. The van der Waals surface area contributed by atoms with Crippen LogP contribution in [0.25, 0.3) is 6.08 Å². The smallest absolute Gasteiger partial charge is 0.146 e. The summed E-state index contributed by atoms with van der Waals surface area (Å²) in [5.74, 6) is 0.422. The van der Waals surface area contributed by atoms with E-state index in [4.69, 9.17) is 5.73 Å². The molecule has 1 heterocycles. The third-order valence-electron chi connectivity index (χ3n) is 1.75. The predicted octanol–water partition coefficient (Wildman–Crippen LogP) is -0.0713. The highest BCUT2D eigenvalue weighted by Gasteiger charge is 1.88. The van der Waals surface area contributed by atoms with Crippen LogP contribution in [-0.2, 0) is 0 Å². The van der Waals surface area contributed by atoms with Crippen LogP contribution in [0.1, 0.15) is 0 Å². The van der Waals surface area contributed by atoms with Crippen LogP contribution in [0.3, 0.4) is 0 Å². The van der Waals surface area contributed by atoms with E-state index in [-0.39, 0.29) is 0 Å². The second kappa shape index (κ2) is 3.23. The highest BCUT2D eigenvalue weighted by Crippen LogP contribution is 1.82. The van der Waals surface area contributed by atoms with Gasteiger partial charge in [0.2, 0.25) is 0 Å². The third-order valence-corrected chi connectivity index (χ3v) is 1.75. The molecule has 0 atom stereocenters. The van der Waals surface area contributed by atoms with E-state index in [0.717, 1.165) is 10.6 Å². The van der Waals surface area contributed by atoms with Crippen molar-refractivity contribution < 1.29 is 0 Å². The van der Waals surface area contributed by atoms with Gasteiger partial charge in [0.1, 0.15) is 5.84 Å². The molecule has 1 aromatic carbocycles. The Kier molecular flexibility index (Phi) is 1.92. The van der Waals surface area contributed by atoms with Crippen molar-refractivity contribution in [3.8, 4) is 0 Å². The molecule has 0 aromatic heterocycles. The third kappa shape index (κ3) is 1.64. The second-order valence-corrected chi connectivity index (χ2v) is 2.71. The second-order valence-electron chi connectivity index (χ2n) is 2.71. The number of allylic oxidation sites excluding steroid dienone is 1. The zero-order chi connectivity index (χ0) is 9.10. The van der Waals surface area contributed by atoms with Gasteiger partial charge in [0.15, 0.2) is 0 Å². The molecule has 0 spiro atoms. The van der Waals surface area contributed by atoms with E-state index in [9.17, 15) is 0 Å². The summed E-state index contributed by atoms with van der Waals surface area (Å²) in [6, 6.07) is 7.78. The number of hydrogen-bond donors (Lipinski definition) is 1. The average molecular weight is 171 g/mol. The van der Waals surface area contributed by atoms with Crippen LogP contribution in [0, 0.1) is 0 Å². The number of rotatable bonds is 0. The minimum absolute atomic E-state index is 0.422. The summed E-state index contributed by atoms with van der Waals surface area (Å²) in [5.41, 5.74) is 5.51. The molecule has 13 heavy (non-hydrogen) atoms. The Bertz CT molecular complexity index is 483. The average Bonchev–Trinajstić information content (AvgIpc) is 2.13. The molecule has 0 unspecified atom stereocenters. The van der Waals surface area contributed by atoms with Crippen LogP contribution in [0.4, 0.5) is 0 Å². The molecule has 2 N–H and O–H groups in total. The molecule has 1 aliphatic rings. The first kappa shape index (κ1) is 7.73. The molecule has 0 bridgehead atoms. The summed E-state index contributed by atoms with van der Waals surface area (Å²) in [4.78, 5) is 0. The maximum Gasteiger partial charge on any atom is 0.146 e. The minimum atomic E-state index is 0.422. The molecule has 0 amide bonds. The van der Waals surface area contributed by atoms with Crippen LogP contribution in [0.15, 0.2) is 46.6 Å². The predicted molar refractivity (Wildman–Crippen MR) is 52.5 cm³/mol. The normalized spacial score (nSPS) is 14.3. The molecule has 1 aromatic rings. The Morgan fingerprint density at radius 2 is 1.92 bits per heavy atom. The summed E-state index contributed by atoms with van der Waals surface area (Å²) in [5, 5.41) is 9.74. The van der Waals surface area contributed by atoms with Gasteiger partial charge in [-0.25, -0.2) is 0 Å². The lowest BCUT2D eigenvalue weighted by molar-refractivity contribution is 1.11. The van der Waals surface area contributed by atoms with E-state index in [0.29, 0.717) is 5.84 Å². The monoisotopic (exact) mass is 171 g/mol. The summed E-state index contributed by atoms with van der Waals surface area (Å²) in [6.45, 7) is 0. The Morgan fingerprint density at radius 1 is 1.08 bits per heavy atom. The van der Waals surface area contributed by atoms with E-state index in [1.165, 1.54) is 0 Å². The number of amidine groups is 1. The van der Waals surface area contributed by atoms with Gasteiger partial charge in [-0.1, -0.05) is 30.4 Å². The fraction of sp³-hybridized carbons (Fsp3) is 0. The highest BCUT2D eigenvalue weighted by atomic mass is 15.2. The largest absolute Gasteiger partial charge is 0.382 e. The summed E-state index contributed by atoms with van der Waals surface area (Å²) in [6.07, 6.45) is 5.55. The van der Waals surface area contributed by atoms with Gasteiger partial charge in [-0.15, -0.1) is 10.2 Å². The number of nitrogens with two attached hydrogens (primary N) is 1. The van der Waals surface area contributed by atoms with Crippen molar-refractivity contribution in [2.45, 2.75) is 0 Å². The number of nitrogens with zero attached hydrogens (tertiary/aromatic N) is 2. The summed E-state index contributed by atoms with van der Waals surface area (Å²) in [7, 11) is 0. The van der Waals surface area contributed by atoms with Crippen molar-refractivity contribution in [2.24, 2.45) is 15.9 Å². The highest BCUT2D eigenvalue weighted by molar-refractivity contribution is 5.92. The Morgan fingerprint density at radius 3 is 2.85 bits per heavy atom. The van der Waals surface area contributed by atoms with Crippen molar-refractivity contribution in [2.75, 3.05) is 0 Å². The van der Waals surface area contributed by atoms with E-state index >= 15 is 0 Å². The van der Waals surface area contributed by atoms with Crippen molar-refractivity contribution in [1.29, 1.82) is 0 Å². The van der Waals surface area contributed by atoms with Crippen molar-refractivity contribution in [1.82, 2.24) is 0 Å². The maximum absolute atomic E-state index is 5.51. The maximum atomic E-state index is 5.51. The first-order valence-electron chi connectivity index (χ1n) is 4.01. The molecule has 1 aliphatic heterocycles. The zero-order valence-corrected chi connectivity index (χ0v) is 7.01. The lowest BCUT2D eigenvalue weighted by Gasteiger charge is -1.91. The van der Waals surface area contributed by atoms with E-state index in [1.54, 1.807) is 6.08 Å². The van der Waals surface area contributed by atoms with Gasteiger partial charge < -0.3 is 5.73 Å². The van der Waals surface area contributed by atoms with Crippen LogP contribution in [0.5, 0.6) is 0 Å². The van der Waals surface area contributed by atoms with Crippen molar-refractivity contribution >= 4 is 11.9 Å². The zero-order valence-electron chi connectivity index (χ0n) is 7.01. The molecule has 2 rings (SSSR count). The Hall–Kier alpha value is -1.90. The van der Waals surface area contributed by atoms with Crippen molar-refractivity contribution in [3.63, 3.8) is 0 Å². The first-order valence-corrected chi connectivity index (χ1v) is 4.01. The molecule has 3 nitrogen and oxygen atoms in total. The fourth-order valence-electron chi connectivity index (χ4n) is 1.11. The number of hydrogen-bond acceptors (Lipinski definition) is 3.